The number of hydrogen-bond donors (Lipinski definition) is 1. The van der Waals surface area contributed by atoms with Crippen molar-refractivity contribution in [2.75, 3.05) is 31.7 Å². The molecule has 1 N–H and O–H groups in total. The summed E-state index contributed by atoms with van der Waals surface area (Å²) in [5, 5.41) is 3.17. The van der Waals surface area contributed by atoms with Gasteiger partial charge in [0, 0.05) is 24.9 Å². The van der Waals surface area contributed by atoms with Crippen molar-refractivity contribution < 1.29 is 9.47 Å². The zero-order chi connectivity index (χ0) is 13.5. The average Bonchev–Trinajstić information content (AvgIpc) is 3.19. The number of hydrogen-bond acceptors (Lipinski definition) is 5. The van der Waals surface area contributed by atoms with Crippen LogP contribution in [0.25, 0.3) is 0 Å². The molecule has 0 aliphatic heterocycles. The number of anilines is 1. The third-order valence-electron chi connectivity index (χ3n) is 2.86. The van der Waals surface area contributed by atoms with Crippen LogP contribution in [-0.4, -0.2) is 36.3 Å². The van der Waals surface area contributed by atoms with Gasteiger partial charge in [-0.15, -0.1) is 0 Å². The summed E-state index contributed by atoms with van der Waals surface area (Å²) in [6, 6.07) is 1.85. The molecule has 1 heterocycles. The van der Waals surface area contributed by atoms with Crippen LogP contribution in [0.2, 0.25) is 0 Å². The molecule has 1 saturated carbocycles. The fourth-order valence-corrected chi connectivity index (χ4v) is 1.67. The quantitative estimate of drug-likeness (QED) is 0.695. The van der Waals surface area contributed by atoms with Crippen molar-refractivity contribution >= 4 is 5.95 Å². The van der Waals surface area contributed by atoms with Crippen LogP contribution in [0.15, 0.2) is 6.07 Å². The van der Waals surface area contributed by atoms with Crippen LogP contribution in [-0.2, 0) is 4.74 Å². The van der Waals surface area contributed by atoms with Crippen LogP contribution in [0.4, 0.5) is 5.95 Å². The monoisotopic (exact) mass is 265 g/mol. The second-order valence-electron chi connectivity index (χ2n) is 4.96. The minimum Gasteiger partial charge on any atom is -0.478 e. The first-order valence-corrected chi connectivity index (χ1v) is 7.08. The largest absolute Gasteiger partial charge is 0.478 e. The number of ether oxygens (including phenoxy) is 2. The van der Waals surface area contributed by atoms with E-state index < -0.39 is 0 Å². The Morgan fingerprint density at radius 3 is 2.89 bits per heavy atom. The van der Waals surface area contributed by atoms with Gasteiger partial charge in [-0.1, -0.05) is 6.92 Å². The van der Waals surface area contributed by atoms with E-state index in [1.165, 1.54) is 12.8 Å². The topological polar surface area (TPSA) is 56.3 Å². The molecule has 1 aliphatic carbocycles. The predicted octanol–water partition coefficient (Wildman–Crippen LogP) is 2.41. The second-order valence-corrected chi connectivity index (χ2v) is 4.96. The Morgan fingerprint density at radius 2 is 2.16 bits per heavy atom. The summed E-state index contributed by atoms with van der Waals surface area (Å²) in [6.07, 6.45) is 3.62. The highest BCUT2D eigenvalue weighted by atomic mass is 16.5. The molecule has 1 aromatic rings. The van der Waals surface area contributed by atoms with Gasteiger partial charge >= 0.3 is 0 Å². The van der Waals surface area contributed by atoms with E-state index in [2.05, 4.69) is 22.2 Å². The van der Waals surface area contributed by atoms with Gasteiger partial charge in [0.1, 0.15) is 0 Å². The maximum absolute atomic E-state index is 5.56. The zero-order valence-corrected chi connectivity index (χ0v) is 11.8. The molecule has 1 aromatic heterocycles. The van der Waals surface area contributed by atoms with Crippen molar-refractivity contribution in [2.45, 2.75) is 33.1 Å². The summed E-state index contributed by atoms with van der Waals surface area (Å²) in [6.45, 7) is 7.00. The van der Waals surface area contributed by atoms with E-state index in [0.29, 0.717) is 25.0 Å². The molecule has 19 heavy (non-hydrogen) atoms. The van der Waals surface area contributed by atoms with Crippen LogP contribution in [0.3, 0.4) is 0 Å². The number of nitrogens with one attached hydrogen (secondary N) is 1. The molecule has 1 fully saturated rings. The van der Waals surface area contributed by atoms with E-state index in [0.717, 1.165) is 31.2 Å². The highest BCUT2D eigenvalue weighted by Crippen LogP contribution is 2.28. The number of nitrogens with zero attached hydrogens (tertiary/aromatic N) is 2. The van der Waals surface area contributed by atoms with E-state index >= 15 is 0 Å². The molecule has 5 heteroatoms. The highest BCUT2D eigenvalue weighted by molar-refractivity contribution is 5.30. The first-order valence-electron chi connectivity index (χ1n) is 7.08. The summed E-state index contributed by atoms with van der Waals surface area (Å²) < 4.78 is 11.1. The van der Waals surface area contributed by atoms with Gasteiger partial charge in [0.15, 0.2) is 0 Å². The molecule has 2 rings (SSSR count). The van der Waals surface area contributed by atoms with E-state index in [9.17, 15) is 0 Å². The lowest BCUT2D eigenvalue weighted by Crippen LogP contribution is -2.13. The highest BCUT2D eigenvalue weighted by Gasteiger charge is 2.20. The first kappa shape index (κ1) is 14.1. The fraction of sp³-hybridized carbons (Fsp3) is 0.714. The minimum atomic E-state index is 0.612. The summed E-state index contributed by atoms with van der Waals surface area (Å²) in [4.78, 5) is 8.65. The van der Waals surface area contributed by atoms with Crippen molar-refractivity contribution in [1.29, 1.82) is 0 Å². The van der Waals surface area contributed by atoms with Crippen LogP contribution < -0.4 is 10.1 Å². The molecular weight excluding hydrogens is 242 g/mol. The molecule has 0 spiro atoms. The predicted molar refractivity (Wildman–Crippen MR) is 74.6 cm³/mol. The molecule has 0 aromatic carbocycles. The first-order chi connectivity index (χ1) is 9.28. The van der Waals surface area contributed by atoms with Gasteiger partial charge < -0.3 is 14.8 Å². The lowest BCUT2D eigenvalue weighted by molar-refractivity contribution is 0.133. The molecule has 0 bridgehead atoms. The lowest BCUT2D eigenvalue weighted by Gasteiger charge is -2.09. The SMILES string of the molecule is CCCOc1cc(C)nc(NCCOCC2CC2)n1. The van der Waals surface area contributed by atoms with Crippen molar-refractivity contribution in [3.8, 4) is 5.88 Å². The summed E-state index contributed by atoms with van der Waals surface area (Å²) in [7, 11) is 0. The molecule has 106 valence electrons. The van der Waals surface area contributed by atoms with Gasteiger partial charge in [0.05, 0.1) is 13.2 Å². The molecule has 0 amide bonds. The molecule has 1 aliphatic rings. The van der Waals surface area contributed by atoms with E-state index in [-0.39, 0.29) is 0 Å². The van der Waals surface area contributed by atoms with Crippen LogP contribution in [0.5, 0.6) is 5.88 Å². The smallest absolute Gasteiger partial charge is 0.226 e. The Labute approximate surface area is 114 Å². The van der Waals surface area contributed by atoms with Gasteiger partial charge in [0.25, 0.3) is 0 Å². The minimum absolute atomic E-state index is 0.612. The molecule has 5 nitrogen and oxygen atoms in total. The van der Waals surface area contributed by atoms with Crippen molar-refractivity contribution in [3.05, 3.63) is 11.8 Å². The Balaban J connectivity index is 1.72. The second kappa shape index (κ2) is 7.28. The normalized spacial score (nSPS) is 14.4. The summed E-state index contributed by atoms with van der Waals surface area (Å²) >= 11 is 0. The van der Waals surface area contributed by atoms with Gasteiger partial charge in [-0.25, -0.2) is 4.98 Å². The van der Waals surface area contributed by atoms with Gasteiger partial charge in [0.2, 0.25) is 11.8 Å². The van der Waals surface area contributed by atoms with Crippen molar-refractivity contribution in [3.63, 3.8) is 0 Å². The zero-order valence-electron chi connectivity index (χ0n) is 11.8. The van der Waals surface area contributed by atoms with Gasteiger partial charge in [-0.05, 0) is 32.1 Å². The summed E-state index contributed by atoms with van der Waals surface area (Å²) in [5.41, 5.74) is 0.905. The maximum Gasteiger partial charge on any atom is 0.226 e. The Hall–Kier alpha value is -1.36. The van der Waals surface area contributed by atoms with Crippen LogP contribution in [0, 0.1) is 12.8 Å². The fourth-order valence-electron chi connectivity index (χ4n) is 1.67. The average molecular weight is 265 g/mol. The van der Waals surface area contributed by atoms with E-state index in [4.69, 9.17) is 9.47 Å². The van der Waals surface area contributed by atoms with Gasteiger partial charge in [-0.3, -0.25) is 0 Å². The maximum atomic E-state index is 5.56. The summed E-state index contributed by atoms with van der Waals surface area (Å²) in [5.74, 6) is 2.06. The van der Waals surface area contributed by atoms with Crippen LogP contribution >= 0.6 is 0 Å². The Bertz CT molecular complexity index is 394. The lowest BCUT2D eigenvalue weighted by atomic mass is 10.4. The number of rotatable bonds is 9. The Morgan fingerprint density at radius 1 is 1.32 bits per heavy atom. The third-order valence-corrected chi connectivity index (χ3v) is 2.86. The molecule has 0 atom stereocenters. The number of aryl methyl sites for hydroxylation is 1. The molecule has 0 radical (unpaired) electrons. The molecule has 0 saturated heterocycles. The molecule has 0 unspecified atom stereocenters. The standard InChI is InChI=1S/C14H23N3O2/c1-3-7-19-13-9-11(2)16-14(17-13)15-6-8-18-10-12-4-5-12/h9,12H,3-8,10H2,1-2H3,(H,15,16,17). The van der Waals surface area contributed by atoms with Gasteiger partial charge in [-0.2, -0.15) is 4.98 Å². The van der Waals surface area contributed by atoms with E-state index in [1.54, 1.807) is 0 Å². The van der Waals surface area contributed by atoms with Crippen molar-refractivity contribution in [1.82, 2.24) is 9.97 Å². The van der Waals surface area contributed by atoms with E-state index in [1.807, 2.05) is 13.0 Å². The van der Waals surface area contributed by atoms with Crippen molar-refractivity contribution in [2.24, 2.45) is 5.92 Å². The van der Waals surface area contributed by atoms with Crippen LogP contribution in [0.1, 0.15) is 31.9 Å². The molecular formula is C14H23N3O2. The Kier molecular flexibility index (Phi) is 5.39. The third kappa shape index (κ3) is 5.42. The number of aromatic nitrogens is 2.